The van der Waals surface area contributed by atoms with Crippen molar-refractivity contribution in [3.63, 3.8) is 0 Å². The summed E-state index contributed by atoms with van der Waals surface area (Å²) >= 11 is 6.10. The third kappa shape index (κ3) is 4.71. The molecule has 0 saturated heterocycles. The smallest absolute Gasteiger partial charge is 0.302 e. The quantitative estimate of drug-likeness (QED) is 0.328. The molecule has 1 amide bonds. The van der Waals surface area contributed by atoms with E-state index in [1.54, 1.807) is 6.92 Å². The maximum absolute atomic E-state index is 14.4. The highest BCUT2D eigenvalue weighted by molar-refractivity contribution is 6.30. The van der Waals surface area contributed by atoms with E-state index in [1.165, 1.54) is 5.57 Å². The number of hydrogen-bond acceptors (Lipinski definition) is 4. The van der Waals surface area contributed by atoms with Crippen LogP contribution in [0.25, 0.3) is 0 Å². The molecule has 1 aromatic carbocycles. The average Bonchev–Trinajstić information content (AvgIpc) is 3.27. The molecule has 0 spiro atoms. The number of nitrogens with one attached hydrogen (secondary N) is 1. The second kappa shape index (κ2) is 11.0. The molecule has 246 valence electrons. The lowest BCUT2D eigenvalue weighted by Gasteiger charge is -2.72. The Balaban J connectivity index is 1.35. The fourth-order valence-corrected chi connectivity index (χ4v) is 12.4. The Hall–Kier alpha value is -2.14. The molecule has 0 aromatic heterocycles. The largest absolute Gasteiger partial charge is 0.462 e. The molecule has 8 atom stereocenters. The van der Waals surface area contributed by atoms with Gasteiger partial charge in [-0.3, -0.25) is 14.4 Å². The van der Waals surface area contributed by atoms with Gasteiger partial charge in [-0.05, 0) is 120 Å². The van der Waals surface area contributed by atoms with E-state index in [-0.39, 0.29) is 57.3 Å². The van der Waals surface area contributed by atoms with Gasteiger partial charge in [-0.1, -0.05) is 72.2 Å². The lowest BCUT2D eigenvalue weighted by Crippen LogP contribution is -2.66. The first-order valence-electron chi connectivity index (χ1n) is 17.5. The summed E-state index contributed by atoms with van der Waals surface area (Å²) in [6.45, 7) is 18.5. The van der Waals surface area contributed by atoms with Gasteiger partial charge in [-0.15, -0.1) is 0 Å². The molecule has 5 aliphatic carbocycles. The van der Waals surface area contributed by atoms with Crippen molar-refractivity contribution in [1.82, 2.24) is 5.32 Å². The van der Waals surface area contributed by atoms with Gasteiger partial charge in [0.25, 0.3) is 0 Å². The zero-order valence-corrected chi connectivity index (χ0v) is 29.5. The van der Waals surface area contributed by atoms with Crippen molar-refractivity contribution in [2.45, 2.75) is 126 Å². The molecule has 4 saturated carbocycles. The molecule has 45 heavy (non-hydrogen) atoms. The number of ether oxygens (including phenoxy) is 1. The third-order valence-electron chi connectivity index (χ3n) is 14.5. The van der Waals surface area contributed by atoms with Gasteiger partial charge in [-0.25, -0.2) is 0 Å². The Labute approximate surface area is 275 Å². The molecule has 0 radical (unpaired) electrons. The minimum atomic E-state index is -0.748. The SMILES string of the molecule is CC(=O)O[C@H]1CC[C@@]2(C)C(CC[C@]3(C)C2CC[C@@H]2C4=C(C(C)C)C(=O)C[C@]4(C(=O)NCc4ccc(Cl)cc4)CC[C@]23C)C1(C)C. The Bertz CT molecular complexity index is 1430. The molecule has 2 unspecified atom stereocenters. The molecule has 5 nitrogen and oxygen atoms in total. The molecular weight excluding hydrogens is 582 g/mol. The first-order chi connectivity index (χ1) is 21.0. The van der Waals surface area contributed by atoms with E-state index < -0.39 is 5.41 Å². The van der Waals surface area contributed by atoms with E-state index in [2.05, 4.69) is 53.8 Å². The van der Waals surface area contributed by atoms with E-state index in [1.807, 2.05) is 24.3 Å². The van der Waals surface area contributed by atoms with Crippen molar-refractivity contribution in [1.29, 1.82) is 0 Å². The predicted molar refractivity (Wildman–Crippen MR) is 178 cm³/mol. The topological polar surface area (TPSA) is 72.5 Å². The van der Waals surface area contributed by atoms with Crippen LogP contribution in [0, 0.1) is 50.7 Å². The van der Waals surface area contributed by atoms with Gasteiger partial charge < -0.3 is 10.1 Å². The minimum Gasteiger partial charge on any atom is -0.462 e. The second-order valence-electron chi connectivity index (χ2n) is 17.0. The summed E-state index contributed by atoms with van der Waals surface area (Å²) in [4.78, 5) is 40.3. The van der Waals surface area contributed by atoms with Crippen LogP contribution >= 0.6 is 11.6 Å². The van der Waals surface area contributed by atoms with Gasteiger partial charge in [0.05, 0.1) is 5.41 Å². The lowest BCUT2D eigenvalue weighted by molar-refractivity contribution is -0.232. The molecular formula is C39H54ClNO4. The van der Waals surface area contributed by atoms with E-state index in [0.29, 0.717) is 29.8 Å². The van der Waals surface area contributed by atoms with Crippen LogP contribution in [-0.4, -0.2) is 23.8 Å². The highest BCUT2D eigenvalue weighted by Crippen LogP contribution is 2.76. The van der Waals surface area contributed by atoms with Crippen LogP contribution in [0.15, 0.2) is 35.4 Å². The normalized spacial score (nSPS) is 40.3. The summed E-state index contributed by atoms with van der Waals surface area (Å²) in [6.07, 6.45) is 8.35. The number of hydrogen-bond donors (Lipinski definition) is 1. The second-order valence-corrected chi connectivity index (χ2v) is 17.5. The van der Waals surface area contributed by atoms with Crippen LogP contribution in [0.3, 0.4) is 0 Å². The van der Waals surface area contributed by atoms with Gasteiger partial charge in [0.2, 0.25) is 5.91 Å². The summed E-state index contributed by atoms with van der Waals surface area (Å²) < 4.78 is 5.93. The number of benzene rings is 1. The van der Waals surface area contributed by atoms with E-state index in [4.69, 9.17) is 16.3 Å². The van der Waals surface area contributed by atoms with Gasteiger partial charge in [-0.2, -0.15) is 0 Å². The van der Waals surface area contributed by atoms with Crippen molar-refractivity contribution in [2.24, 2.45) is 50.7 Å². The van der Waals surface area contributed by atoms with Crippen molar-refractivity contribution < 1.29 is 19.1 Å². The molecule has 6 heteroatoms. The Morgan fingerprint density at radius 1 is 0.911 bits per heavy atom. The molecule has 1 N–H and O–H groups in total. The maximum Gasteiger partial charge on any atom is 0.302 e. The third-order valence-corrected chi connectivity index (χ3v) is 14.7. The van der Waals surface area contributed by atoms with Crippen molar-refractivity contribution >= 4 is 29.3 Å². The average molecular weight is 636 g/mol. The van der Waals surface area contributed by atoms with Gasteiger partial charge in [0.1, 0.15) is 6.10 Å². The monoisotopic (exact) mass is 635 g/mol. The Kier molecular flexibility index (Phi) is 7.98. The van der Waals surface area contributed by atoms with E-state index in [0.717, 1.165) is 62.5 Å². The number of Topliss-reactive ketones (excluding diaryl/α,β-unsaturated/α-hetero) is 1. The summed E-state index contributed by atoms with van der Waals surface area (Å²) in [5.41, 5.74) is 2.57. The van der Waals surface area contributed by atoms with Crippen molar-refractivity contribution in [2.75, 3.05) is 0 Å². The standard InChI is InChI=1S/C39H54ClNO4/c1-23(2)32-28(43)21-39(34(44)41-22-25-9-11-26(40)12-10-25)20-19-37(7)27(33(32)39)13-14-30-36(6)17-16-31(45-24(3)42)35(4,5)29(36)15-18-38(30,37)8/h9-12,23,27,29-31H,13-22H2,1-8H3,(H,41,44)/t27-,29?,30?,31+,36+,37-,38-,39-/m1/s1. The molecule has 1 aromatic rings. The summed E-state index contributed by atoms with van der Waals surface area (Å²) in [6, 6.07) is 7.61. The van der Waals surface area contributed by atoms with Gasteiger partial charge >= 0.3 is 5.97 Å². The summed E-state index contributed by atoms with van der Waals surface area (Å²) in [5, 5.41) is 3.95. The number of fused-ring (bicyclic) bond motifs is 7. The van der Waals surface area contributed by atoms with Crippen molar-refractivity contribution in [3.8, 4) is 0 Å². The highest BCUT2D eigenvalue weighted by atomic mass is 35.5. The van der Waals surface area contributed by atoms with Crippen LogP contribution < -0.4 is 5.32 Å². The summed E-state index contributed by atoms with van der Waals surface area (Å²) in [7, 11) is 0. The zero-order chi connectivity index (χ0) is 32.7. The number of rotatable bonds is 5. The maximum atomic E-state index is 14.4. The zero-order valence-electron chi connectivity index (χ0n) is 28.8. The number of ketones is 1. The fraction of sp³-hybridized carbons (Fsp3) is 0.718. The number of carbonyl (C=O) groups excluding carboxylic acids is 3. The molecule has 6 rings (SSSR count). The molecule has 0 heterocycles. The highest BCUT2D eigenvalue weighted by Gasteiger charge is 2.71. The fourth-order valence-electron chi connectivity index (χ4n) is 12.2. The van der Waals surface area contributed by atoms with Crippen LogP contribution in [0.4, 0.5) is 0 Å². The number of esters is 1. The molecule has 0 bridgehead atoms. The number of amides is 1. The first kappa shape index (κ1) is 32.8. The summed E-state index contributed by atoms with van der Waals surface area (Å²) in [5.74, 6) is 1.38. The van der Waals surface area contributed by atoms with Crippen molar-refractivity contribution in [3.05, 3.63) is 46.0 Å². The lowest BCUT2D eigenvalue weighted by atomic mass is 9.33. The van der Waals surface area contributed by atoms with Gasteiger partial charge in [0.15, 0.2) is 5.78 Å². The van der Waals surface area contributed by atoms with Crippen LogP contribution in [0.2, 0.25) is 5.02 Å². The predicted octanol–water partition coefficient (Wildman–Crippen LogP) is 8.87. The Morgan fingerprint density at radius 3 is 2.24 bits per heavy atom. The van der Waals surface area contributed by atoms with Crippen LogP contribution in [0.5, 0.6) is 0 Å². The molecule has 0 aliphatic heterocycles. The number of halogens is 1. The number of allylic oxidation sites excluding steroid dienone is 1. The Morgan fingerprint density at radius 2 is 1.60 bits per heavy atom. The van der Waals surface area contributed by atoms with E-state index in [9.17, 15) is 14.4 Å². The molecule has 5 aliphatic rings. The van der Waals surface area contributed by atoms with Crippen LogP contribution in [0.1, 0.15) is 119 Å². The van der Waals surface area contributed by atoms with E-state index >= 15 is 0 Å². The van der Waals surface area contributed by atoms with Crippen LogP contribution in [-0.2, 0) is 25.7 Å². The number of carbonyl (C=O) groups is 3. The first-order valence-corrected chi connectivity index (χ1v) is 17.9. The minimum absolute atomic E-state index is 0.000818. The van der Waals surface area contributed by atoms with Gasteiger partial charge in [0, 0.05) is 30.3 Å². The molecule has 4 fully saturated rings.